The van der Waals surface area contributed by atoms with Crippen LogP contribution in [0.5, 0.6) is 0 Å². The fourth-order valence-electron chi connectivity index (χ4n) is 2.07. The Kier molecular flexibility index (Phi) is 7.31. The summed E-state index contributed by atoms with van der Waals surface area (Å²) in [5.41, 5.74) is 0.118. The highest BCUT2D eigenvalue weighted by Gasteiger charge is 2.16. The average molecular weight is 359 g/mol. The molecular weight excluding hydrogens is 340 g/mol. The fraction of sp³-hybridized carbons (Fsp3) is 0.500. The van der Waals surface area contributed by atoms with Crippen LogP contribution in [0.4, 0.5) is 5.69 Å². The third-order valence-corrected chi connectivity index (χ3v) is 3.86. The Bertz CT molecular complexity index is 502. The van der Waals surface area contributed by atoms with Gasteiger partial charge < -0.3 is 10.4 Å². The van der Waals surface area contributed by atoms with E-state index < -0.39 is 4.92 Å². The summed E-state index contributed by atoms with van der Waals surface area (Å²) in [5.74, 6) is -0.126. The van der Waals surface area contributed by atoms with E-state index in [2.05, 4.69) is 21.2 Å². The number of carbonyl (C=O) groups excluding carboxylic acids is 1. The number of nitro groups is 1. The van der Waals surface area contributed by atoms with E-state index in [-0.39, 0.29) is 29.7 Å². The Morgan fingerprint density at radius 2 is 2.19 bits per heavy atom. The van der Waals surface area contributed by atoms with Crippen LogP contribution in [0.3, 0.4) is 0 Å². The fourth-order valence-corrected chi connectivity index (χ4v) is 2.46. The minimum Gasteiger partial charge on any atom is -0.396 e. The van der Waals surface area contributed by atoms with Gasteiger partial charge in [-0.05, 0) is 46.8 Å². The van der Waals surface area contributed by atoms with Crippen LogP contribution in [0.25, 0.3) is 0 Å². The molecule has 0 aliphatic rings. The average Bonchev–Trinajstić information content (AvgIpc) is 2.45. The van der Waals surface area contributed by atoms with Gasteiger partial charge >= 0.3 is 0 Å². The SMILES string of the molecule is CCCC(CCO)CNC(=O)c1ccc(Br)c([N+](=O)[O-])c1. The zero-order valence-electron chi connectivity index (χ0n) is 11.8. The number of hydrogen-bond donors (Lipinski definition) is 2. The molecule has 0 heterocycles. The molecule has 0 aliphatic carbocycles. The molecule has 0 saturated carbocycles. The van der Waals surface area contributed by atoms with Crippen molar-refractivity contribution in [2.75, 3.05) is 13.2 Å². The van der Waals surface area contributed by atoms with Crippen molar-refractivity contribution in [3.8, 4) is 0 Å². The van der Waals surface area contributed by atoms with Gasteiger partial charge in [0.1, 0.15) is 0 Å². The lowest BCUT2D eigenvalue weighted by Gasteiger charge is -2.15. The van der Waals surface area contributed by atoms with E-state index in [1.807, 2.05) is 6.92 Å². The highest BCUT2D eigenvalue weighted by atomic mass is 79.9. The lowest BCUT2D eigenvalue weighted by molar-refractivity contribution is -0.385. The number of rotatable bonds is 8. The first kappa shape index (κ1) is 17.6. The summed E-state index contributed by atoms with van der Waals surface area (Å²) in [6.07, 6.45) is 2.53. The molecule has 1 rings (SSSR count). The Morgan fingerprint density at radius 3 is 2.76 bits per heavy atom. The molecule has 6 nitrogen and oxygen atoms in total. The maximum absolute atomic E-state index is 12.0. The molecule has 1 aromatic rings. The van der Waals surface area contributed by atoms with Crippen molar-refractivity contribution >= 4 is 27.5 Å². The van der Waals surface area contributed by atoms with Gasteiger partial charge in [-0.2, -0.15) is 0 Å². The minimum absolute atomic E-state index is 0.0876. The van der Waals surface area contributed by atoms with Crippen molar-refractivity contribution in [2.45, 2.75) is 26.2 Å². The predicted molar refractivity (Wildman–Crippen MR) is 83.2 cm³/mol. The van der Waals surface area contributed by atoms with E-state index >= 15 is 0 Å². The van der Waals surface area contributed by atoms with E-state index in [4.69, 9.17) is 5.11 Å². The summed E-state index contributed by atoms with van der Waals surface area (Å²) in [6.45, 7) is 2.59. The van der Waals surface area contributed by atoms with Gasteiger partial charge in [0.05, 0.1) is 9.40 Å². The number of carbonyl (C=O) groups is 1. The van der Waals surface area contributed by atoms with E-state index in [1.165, 1.54) is 18.2 Å². The maximum atomic E-state index is 12.0. The van der Waals surface area contributed by atoms with E-state index in [1.54, 1.807) is 0 Å². The maximum Gasteiger partial charge on any atom is 0.284 e. The van der Waals surface area contributed by atoms with Gasteiger partial charge in [-0.1, -0.05) is 13.3 Å². The molecule has 116 valence electrons. The molecule has 0 fully saturated rings. The largest absolute Gasteiger partial charge is 0.396 e. The van der Waals surface area contributed by atoms with Crippen molar-refractivity contribution in [3.05, 3.63) is 38.3 Å². The Hall–Kier alpha value is -1.47. The van der Waals surface area contributed by atoms with Crippen molar-refractivity contribution in [1.29, 1.82) is 0 Å². The Labute approximate surface area is 131 Å². The number of nitrogens with one attached hydrogen (secondary N) is 1. The highest BCUT2D eigenvalue weighted by molar-refractivity contribution is 9.10. The molecule has 0 spiro atoms. The summed E-state index contributed by atoms with van der Waals surface area (Å²) >= 11 is 3.08. The first-order chi connectivity index (χ1) is 9.99. The van der Waals surface area contributed by atoms with E-state index in [0.29, 0.717) is 17.4 Å². The number of nitro benzene ring substituents is 1. The molecule has 1 unspecified atom stereocenters. The van der Waals surface area contributed by atoms with E-state index in [9.17, 15) is 14.9 Å². The zero-order chi connectivity index (χ0) is 15.8. The quantitative estimate of drug-likeness (QED) is 0.551. The molecule has 2 N–H and O–H groups in total. The van der Waals surface area contributed by atoms with Crippen LogP contribution in [0.15, 0.2) is 22.7 Å². The van der Waals surface area contributed by atoms with Crippen molar-refractivity contribution in [3.63, 3.8) is 0 Å². The summed E-state index contributed by atoms with van der Waals surface area (Å²) in [7, 11) is 0. The number of amides is 1. The normalized spacial score (nSPS) is 12.0. The molecule has 1 atom stereocenters. The number of halogens is 1. The Morgan fingerprint density at radius 1 is 1.48 bits per heavy atom. The number of nitrogens with zero attached hydrogens (tertiary/aromatic N) is 1. The number of aliphatic hydroxyl groups is 1. The third kappa shape index (κ3) is 5.43. The molecule has 0 saturated heterocycles. The summed E-state index contributed by atoms with van der Waals surface area (Å²) < 4.78 is 0.341. The van der Waals surface area contributed by atoms with Crippen LogP contribution in [-0.2, 0) is 0 Å². The van der Waals surface area contributed by atoms with Crippen LogP contribution in [0.2, 0.25) is 0 Å². The molecule has 0 aromatic heterocycles. The van der Waals surface area contributed by atoms with Gasteiger partial charge in [0.15, 0.2) is 0 Å². The molecular formula is C14H19BrN2O4. The van der Waals surface area contributed by atoms with Crippen LogP contribution in [-0.4, -0.2) is 29.1 Å². The van der Waals surface area contributed by atoms with Gasteiger partial charge in [-0.15, -0.1) is 0 Å². The highest BCUT2D eigenvalue weighted by Crippen LogP contribution is 2.25. The second-order valence-electron chi connectivity index (χ2n) is 4.80. The standard InChI is InChI=1S/C14H19BrN2O4/c1-2-3-10(6-7-18)9-16-14(19)11-4-5-12(15)13(8-11)17(20)21/h4-5,8,10,18H,2-3,6-7,9H2,1H3,(H,16,19). The summed E-state index contributed by atoms with van der Waals surface area (Å²) in [4.78, 5) is 22.3. The van der Waals surface area contributed by atoms with Crippen LogP contribution >= 0.6 is 15.9 Å². The summed E-state index contributed by atoms with van der Waals surface area (Å²) in [5, 5.41) is 22.6. The molecule has 1 aromatic carbocycles. The predicted octanol–water partition coefficient (Wildman–Crippen LogP) is 2.89. The lowest BCUT2D eigenvalue weighted by Crippen LogP contribution is -2.29. The Balaban J connectivity index is 2.71. The molecule has 0 bridgehead atoms. The van der Waals surface area contributed by atoms with E-state index in [0.717, 1.165) is 12.8 Å². The number of benzene rings is 1. The third-order valence-electron chi connectivity index (χ3n) is 3.19. The van der Waals surface area contributed by atoms with Crippen LogP contribution in [0.1, 0.15) is 36.5 Å². The van der Waals surface area contributed by atoms with Crippen molar-refractivity contribution in [2.24, 2.45) is 5.92 Å². The van der Waals surface area contributed by atoms with Crippen molar-refractivity contribution < 1.29 is 14.8 Å². The van der Waals surface area contributed by atoms with Gasteiger partial charge in [0.2, 0.25) is 0 Å². The van der Waals surface area contributed by atoms with Gasteiger partial charge in [-0.3, -0.25) is 14.9 Å². The molecule has 0 radical (unpaired) electrons. The molecule has 1 amide bonds. The topological polar surface area (TPSA) is 92.5 Å². The second kappa shape index (κ2) is 8.74. The smallest absolute Gasteiger partial charge is 0.284 e. The first-order valence-corrected chi connectivity index (χ1v) is 7.61. The van der Waals surface area contributed by atoms with Crippen molar-refractivity contribution in [1.82, 2.24) is 5.32 Å². The van der Waals surface area contributed by atoms with Gasteiger partial charge in [0, 0.05) is 24.8 Å². The van der Waals surface area contributed by atoms with Crippen LogP contribution < -0.4 is 5.32 Å². The monoisotopic (exact) mass is 358 g/mol. The second-order valence-corrected chi connectivity index (χ2v) is 5.65. The summed E-state index contributed by atoms with van der Waals surface area (Å²) in [6, 6.07) is 4.28. The number of hydrogen-bond acceptors (Lipinski definition) is 4. The number of aliphatic hydroxyl groups excluding tert-OH is 1. The van der Waals surface area contributed by atoms with Gasteiger partial charge in [0.25, 0.3) is 11.6 Å². The molecule has 0 aliphatic heterocycles. The first-order valence-electron chi connectivity index (χ1n) is 6.82. The van der Waals surface area contributed by atoms with Crippen LogP contribution in [0, 0.1) is 16.0 Å². The zero-order valence-corrected chi connectivity index (χ0v) is 13.4. The molecule has 7 heteroatoms. The van der Waals surface area contributed by atoms with Gasteiger partial charge in [-0.25, -0.2) is 0 Å². The minimum atomic E-state index is -0.535. The molecule has 21 heavy (non-hydrogen) atoms. The lowest BCUT2D eigenvalue weighted by atomic mass is 10.00.